The molecule has 0 bridgehead atoms. The molecule has 110 valence electrons. The van der Waals surface area contributed by atoms with Gasteiger partial charge in [0.05, 0.1) is 24.0 Å². The first kappa shape index (κ1) is 15.1. The van der Waals surface area contributed by atoms with E-state index in [1.54, 1.807) is 19.1 Å². The molecular formula is C15H13ClFNO3. The average molecular weight is 310 g/mol. The first-order valence-electron chi connectivity index (χ1n) is 6.07. The molecule has 0 saturated carbocycles. The van der Waals surface area contributed by atoms with E-state index in [0.717, 1.165) is 5.56 Å². The van der Waals surface area contributed by atoms with Gasteiger partial charge in [0, 0.05) is 11.1 Å². The molecule has 0 aliphatic carbocycles. The van der Waals surface area contributed by atoms with Crippen LogP contribution in [0.2, 0.25) is 5.02 Å². The lowest BCUT2D eigenvalue weighted by Crippen LogP contribution is -2.06. The summed E-state index contributed by atoms with van der Waals surface area (Å²) >= 11 is 6.00. The van der Waals surface area contributed by atoms with Crippen LogP contribution in [0.25, 0.3) is 0 Å². The van der Waals surface area contributed by atoms with Crippen molar-refractivity contribution in [3.63, 3.8) is 0 Å². The summed E-state index contributed by atoms with van der Waals surface area (Å²) in [7, 11) is 1.45. The summed E-state index contributed by atoms with van der Waals surface area (Å²) in [5.41, 5.74) is 0.912. The van der Waals surface area contributed by atoms with Gasteiger partial charge in [-0.3, -0.25) is 0 Å². The quantitative estimate of drug-likeness (QED) is 0.887. The maximum absolute atomic E-state index is 13.9. The van der Waals surface area contributed by atoms with E-state index >= 15 is 0 Å². The van der Waals surface area contributed by atoms with Gasteiger partial charge in [0.2, 0.25) is 0 Å². The Morgan fingerprint density at radius 1 is 1.38 bits per heavy atom. The number of benzene rings is 2. The zero-order valence-corrected chi connectivity index (χ0v) is 12.2. The molecule has 2 aromatic carbocycles. The van der Waals surface area contributed by atoms with Crippen LogP contribution < -0.4 is 10.1 Å². The second kappa shape index (κ2) is 6.01. The fourth-order valence-electron chi connectivity index (χ4n) is 1.89. The highest BCUT2D eigenvalue weighted by Gasteiger charge is 2.16. The molecule has 0 unspecified atom stereocenters. The maximum atomic E-state index is 13.9. The molecule has 2 rings (SSSR count). The third-order valence-corrected chi connectivity index (χ3v) is 3.39. The highest BCUT2D eigenvalue weighted by molar-refractivity contribution is 6.31. The van der Waals surface area contributed by atoms with E-state index in [4.69, 9.17) is 21.4 Å². The number of para-hydroxylation sites is 1. The normalized spacial score (nSPS) is 10.3. The SMILES string of the molecule is COc1cc(Cl)c(C)cc1Nc1c(F)cccc1C(=O)O. The number of aryl methyl sites for hydroxylation is 1. The number of carboxylic acid groups (broad SMARTS) is 1. The predicted molar refractivity (Wildman–Crippen MR) is 79.4 cm³/mol. The Hall–Kier alpha value is -2.27. The minimum atomic E-state index is -1.22. The van der Waals surface area contributed by atoms with Crippen LogP contribution in [-0.2, 0) is 0 Å². The van der Waals surface area contributed by atoms with Gasteiger partial charge in [-0.1, -0.05) is 17.7 Å². The molecule has 0 heterocycles. The number of anilines is 2. The molecule has 2 N–H and O–H groups in total. The largest absolute Gasteiger partial charge is 0.495 e. The Morgan fingerprint density at radius 2 is 2.10 bits per heavy atom. The van der Waals surface area contributed by atoms with Gasteiger partial charge < -0.3 is 15.2 Å². The predicted octanol–water partition coefficient (Wildman–Crippen LogP) is 4.24. The Bertz CT molecular complexity index is 704. The Balaban J connectivity index is 2.53. The van der Waals surface area contributed by atoms with Crippen molar-refractivity contribution in [1.29, 1.82) is 0 Å². The number of hydrogen-bond acceptors (Lipinski definition) is 3. The van der Waals surface area contributed by atoms with Crippen LogP contribution in [0.5, 0.6) is 5.75 Å². The minimum Gasteiger partial charge on any atom is -0.495 e. The minimum absolute atomic E-state index is 0.120. The summed E-state index contributed by atoms with van der Waals surface area (Å²) in [4.78, 5) is 11.2. The molecule has 0 amide bonds. The van der Waals surface area contributed by atoms with Gasteiger partial charge >= 0.3 is 5.97 Å². The zero-order valence-electron chi connectivity index (χ0n) is 11.4. The molecule has 0 saturated heterocycles. The summed E-state index contributed by atoms with van der Waals surface area (Å²) in [6.07, 6.45) is 0. The molecule has 0 aliphatic rings. The van der Waals surface area contributed by atoms with Crippen molar-refractivity contribution in [1.82, 2.24) is 0 Å². The molecule has 21 heavy (non-hydrogen) atoms. The third kappa shape index (κ3) is 3.08. The summed E-state index contributed by atoms with van der Waals surface area (Å²) in [6, 6.07) is 7.10. The smallest absolute Gasteiger partial charge is 0.337 e. The number of halogens is 2. The monoisotopic (exact) mass is 309 g/mol. The molecular weight excluding hydrogens is 297 g/mol. The van der Waals surface area contributed by atoms with Crippen LogP contribution >= 0.6 is 11.6 Å². The molecule has 4 nitrogen and oxygen atoms in total. The summed E-state index contributed by atoms with van der Waals surface area (Å²) in [5, 5.41) is 12.4. The fourth-order valence-corrected chi connectivity index (χ4v) is 2.05. The topological polar surface area (TPSA) is 58.6 Å². The molecule has 0 fully saturated rings. The van der Waals surface area contributed by atoms with Crippen molar-refractivity contribution in [2.24, 2.45) is 0 Å². The average Bonchev–Trinajstić information content (AvgIpc) is 2.44. The maximum Gasteiger partial charge on any atom is 0.337 e. The van der Waals surface area contributed by atoms with Crippen LogP contribution in [0.15, 0.2) is 30.3 Å². The van der Waals surface area contributed by atoms with Crippen LogP contribution in [0, 0.1) is 12.7 Å². The van der Waals surface area contributed by atoms with Crippen LogP contribution in [0.3, 0.4) is 0 Å². The number of aromatic carboxylic acids is 1. The first-order valence-corrected chi connectivity index (χ1v) is 6.44. The molecule has 0 aromatic heterocycles. The van der Waals surface area contributed by atoms with Crippen molar-refractivity contribution in [2.45, 2.75) is 6.92 Å². The van der Waals surface area contributed by atoms with Crippen LogP contribution in [-0.4, -0.2) is 18.2 Å². The molecule has 0 aliphatic heterocycles. The van der Waals surface area contributed by atoms with Gasteiger partial charge in [-0.2, -0.15) is 0 Å². The van der Waals surface area contributed by atoms with E-state index < -0.39 is 11.8 Å². The van der Waals surface area contributed by atoms with Crippen molar-refractivity contribution < 1.29 is 19.0 Å². The third-order valence-electron chi connectivity index (χ3n) is 2.98. The van der Waals surface area contributed by atoms with Crippen molar-refractivity contribution in [3.8, 4) is 5.75 Å². The number of hydrogen-bond donors (Lipinski definition) is 2. The standard InChI is InChI=1S/C15H13ClFNO3/c1-8-6-12(13(21-2)7-10(8)16)18-14-9(15(19)20)4-3-5-11(14)17/h3-7,18H,1-2H3,(H,19,20). The molecule has 2 aromatic rings. The number of rotatable bonds is 4. The Morgan fingerprint density at radius 3 is 2.71 bits per heavy atom. The van der Waals surface area contributed by atoms with Crippen LogP contribution in [0.1, 0.15) is 15.9 Å². The lowest BCUT2D eigenvalue weighted by molar-refractivity contribution is 0.0697. The van der Waals surface area contributed by atoms with Gasteiger partial charge in [-0.15, -0.1) is 0 Å². The molecule has 0 spiro atoms. The number of carbonyl (C=O) groups is 1. The number of nitrogens with one attached hydrogen (secondary N) is 1. The number of carboxylic acids is 1. The van der Waals surface area contributed by atoms with Gasteiger partial charge in [-0.25, -0.2) is 9.18 Å². The second-order valence-corrected chi connectivity index (χ2v) is 4.80. The fraction of sp³-hybridized carbons (Fsp3) is 0.133. The van der Waals surface area contributed by atoms with Crippen molar-refractivity contribution in [3.05, 3.63) is 52.3 Å². The first-order chi connectivity index (χ1) is 9.93. The highest BCUT2D eigenvalue weighted by atomic mass is 35.5. The van der Waals surface area contributed by atoms with Gasteiger partial charge in [0.15, 0.2) is 0 Å². The Kier molecular flexibility index (Phi) is 4.33. The lowest BCUT2D eigenvalue weighted by Gasteiger charge is -2.15. The van der Waals surface area contributed by atoms with Crippen LogP contribution in [0.4, 0.5) is 15.8 Å². The highest BCUT2D eigenvalue weighted by Crippen LogP contribution is 2.34. The summed E-state index contributed by atoms with van der Waals surface area (Å²) in [5.74, 6) is -1.49. The van der Waals surface area contributed by atoms with E-state index in [2.05, 4.69) is 5.32 Å². The number of ether oxygens (including phenoxy) is 1. The summed E-state index contributed by atoms with van der Waals surface area (Å²) < 4.78 is 19.1. The zero-order chi connectivity index (χ0) is 15.6. The van der Waals surface area contributed by atoms with Crippen molar-refractivity contribution >= 4 is 28.9 Å². The van der Waals surface area contributed by atoms with Gasteiger partial charge in [0.1, 0.15) is 11.6 Å². The molecule has 0 atom stereocenters. The number of methoxy groups -OCH3 is 1. The Labute approximate surface area is 126 Å². The van der Waals surface area contributed by atoms with Gasteiger partial charge in [-0.05, 0) is 30.7 Å². The second-order valence-electron chi connectivity index (χ2n) is 4.39. The van der Waals surface area contributed by atoms with E-state index in [9.17, 15) is 9.18 Å². The molecule has 0 radical (unpaired) electrons. The van der Waals surface area contributed by atoms with E-state index in [1.165, 1.54) is 25.3 Å². The lowest BCUT2D eigenvalue weighted by atomic mass is 10.1. The van der Waals surface area contributed by atoms with E-state index in [1.807, 2.05) is 0 Å². The van der Waals surface area contributed by atoms with E-state index in [0.29, 0.717) is 16.5 Å². The molecule has 6 heteroatoms. The van der Waals surface area contributed by atoms with E-state index in [-0.39, 0.29) is 11.3 Å². The van der Waals surface area contributed by atoms with Crippen molar-refractivity contribution in [2.75, 3.05) is 12.4 Å². The summed E-state index contributed by atoms with van der Waals surface area (Å²) in [6.45, 7) is 1.78. The van der Waals surface area contributed by atoms with Gasteiger partial charge in [0.25, 0.3) is 0 Å².